The molecule has 0 saturated heterocycles. The van der Waals surface area contributed by atoms with E-state index in [1.54, 1.807) is 4.55 Å². The lowest BCUT2D eigenvalue weighted by Gasteiger charge is -1.97. The summed E-state index contributed by atoms with van der Waals surface area (Å²) in [6.45, 7) is 11.5. The Morgan fingerprint density at radius 1 is 0.857 bits per heavy atom. The molecule has 0 amide bonds. The number of unbranched alkanes of at least 4 members (excludes halogenated alkanes) is 1. The van der Waals surface area contributed by atoms with Crippen LogP contribution in [-0.2, 0) is 0 Å². The van der Waals surface area contributed by atoms with Crippen molar-refractivity contribution in [2.24, 2.45) is 0 Å². The van der Waals surface area contributed by atoms with Gasteiger partial charge in [-0.05, 0) is 0 Å². The van der Waals surface area contributed by atoms with Gasteiger partial charge < -0.3 is 0 Å². The molecular weight excluding hydrogens is 195 g/mol. The summed E-state index contributed by atoms with van der Waals surface area (Å²) in [6.07, 6.45) is 2.88. The van der Waals surface area contributed by atoms with E-state index in [2.05, 4.69) is 34.6 Å². The maximum absolute atomic E-state index is 2.32. The van der Waals surface area contributed by atoms with Gasteiger partial charge >= 0.3 is 20.4 Å². The van der Waals surface area contributed by atoms with Crippen molar-refractivity contribution < 1.29 is 0 Å². The highest BCUT2D eigenvalue weighted by Crippen LogP contribution is 2.01. The zero-order valence-electron chi connectivity index (χ0n) is 11.2. The second kappa shape index (κ2) is 16.7. The molecule has 0 N–H and O–H groups in total. The van der Waals surface area contributed by atoms with Gasteiger partial charge in [0.2, 0.25) is 0 Å². The van der Waals surface area contributed by atoms with E-state index in [1.807, 2.05) is 0 Å². The lowest BCUT2D eigenvalue weighted by molar-refractivity contribution is 0.877. The predicted octanol–water partition coefficient (Wildman–Crippen LogP) is 4.89. The van der Waals surface area contributed by atoms with E-state index >= 15 is 0 Å². The Kier molecular flexibility index (Phi) is 21.1. The third-order valence-corrected chi connectivity index (χ3v) is 8.11. The molecular formula is C12H29AlMg. The zero-order chi connectivity index (χ0) is 11.2. The van der Waals surface area contributed by atoms with Crippen LogP contribution in [0, 0.1) is 0 Å². The molecule has 82 valence electrons. The molecule has 0 aliphatic carbocycles. The van der Waals surface area contributed by atoms with Crippen LogP contribution in [0.4, 0.5) is 0 Å². The fourth-order valence-electron chi connectivity index (χ4n) is 1.54. The average molecular weight is 225 g/mol. The SMILES string of the molecule is CCC[CH2][Mg][CH2]C.C[CH2][Al]([CH2]C)[CH2]C. The van der Waals surface area contributed by atoms with Crippen molar-refractivity contribution in [2.45, 2.75) is 72.4 Å². The average Bonchev–Trinajstić information content (AvgIpc) is 2.22. The largest absolute Gasteiger partial charge is 0.363 e. The quantitative estimate of drug-likeness (QED) is 0.427. The fourth-order valence-corrected chi connectivity index (χ4v) is 4.63. The van der Waals surface area contributed by atoms with E-state index in [1.165, 1.54) is 33.2 Å². The molecule has 0 saturated carbocycles. The fraction of sp³-hybridized carbons (Fsp3) is 1.00. The topological polar surface area (TPSA) is 0 Å². The van der Waals surface area contributed by atoms with Gasteiger partial charge in [-0.3, -0.25) is 0 Å². The molecule has 0 heterocycles. The predicted molar refractivity (Wildman–Crippen MR) is 73.1 cm³/mol. The summed E-state index contributed by atoms with van der Waals surface area (Å²) in [5, 5.41) is 4.48. The van der Waals surface area contributed by atoms with Crippen molar-refractivity contribution in [3.8, 4) is 0 Å². The number of rotatable bonds is 7. The van der Waals surface area contributed by atoms with Crippen LogP contribution < -0.4 is 0 Å². The van der Waals surface area contributed by atoms with Gasteiger partial charge in [0.25, 0.3) is 14.1 Å². The molecule has 0 aliphatic rings. The monoisotopic (exact) mass is 224 g/mol. The van der Waals surface area contributed by atoms with Crippen LogP contribution in [0.15, 0.2) is 0 Å². The van der Waals surface area contributed by atoms with Gasteiger partial charge in [0.15, 0.2) is 0 Å². The van der Waals surface area contributed by atoms with Crippen molar-refractivity contribution >= 4 is 34.5 Å². The van der Waals surface area contributed by atoms with Crippen LogP contribution in [0.3, 0.4) is 0 Å². The Hall–Kier alpha value is 1.30. The molecule has 0 atom stereocenters. The Morgan fingerprint density at radius 2 is 1.36 bits per heavy atom. The van der Waals surface area contributed by atoms with E-state index in [-0.39, 0.29) is 14.1 Å². The molecule has 0 aromatic heterocycles. The smallest absolute Gasteiger partial charge is 0.149 e. The molecule has 0 aromatic rings. The first-order valence-electron chi connectivity index (χ1n) is 6.76. The first-order chi connectivity index (χ1) is 6.76. The van der Waals surface area contributed by atoms with Gasteiger partial charge in [-0.2, -0.15) is 0 Å². The van der Waals surface area contributed by atoms with Crippen LogP contribution in [0.1, 0.15) is 47.5 Å². The van der Waals surface area contributed by atoms with Gasteiger partial charge in [-0.25, -0.2) is 0 Å². The van der Waals surface area contributed by atoms with E-state index in [4.69, 9.17) is 0 Å². The summed E-state index contributed by atoms with van der Waals surface area (Å²) in [7, 11) is 0. The van der Waals surface area contributed by atoms with Crippen LogP contribution in [0.25, 0.3) is 0 Å². The molecule has 0 unspecified atom stereocenters. The maximum Gasteiger partial charge on any atom is 0.363 e. The molecule has 0 fully saturated rings. The lowest BCUT2D eigenvalue weighted by atomic mass is 10.4. The van der Waals surface area contributed by atoms with E-state index in [0.29, 0.717) is 20.4 Å². The molecule has 2 heteroatoms. The van der Waals surface area contributed by atoms with Crippen molar-refractivity contribution in [1.29, 1.82) is 0 Å². The molecule has 0 aromatic carbocycles. The molecule has 0 spiro atoms. The molecule has 0 radical (unpaired) electrons. The Balaban J connectivity index is 0. The van der Waals surface area contributed by atoms with Crippen LogP contribution in [0.2, 0.25) is 24.9 Å². The third kappa shape index (κ3) is 15.8. The van der Waals surface area contributed by atoms with Crippen molar-refractivity contribution in [1.82, 2.24) is 0 Å². The normalized spacial score (nSPS) is 8.64. The van der Waals surface area contributed by atoms with Gasteiger partial charge in [0, 0.05) is 0 Å². The van der Waals surface area contributed by atoms with Gasteiger partial charge in [-0.1, -0.05) is 63.3 Å². The summed E-state index contributed by atoms with van der Waals surface area (Å²) < 4.78 is 3.08. The molecule has 0 bridgehead atoms. The minimum atomic E-state index is -0.171. The van der Waals surface area contributed by atoms with Gasteiger partial charge in [0.05, 0.1) is 0 Å². The van der Waals surface area contributed by atoms with Gasteiger partial charge in [0.1, 0.15) is 0 Å². The summed E-state index contributed by atoms with van der Waals surface area (Å²) in [5.74, 6) is 0. The summed E-state index contributed by atoms with van der Waals surface area (Å²) in [4.78, 5) is 0. The van der Waals surface area contributed by atoms with E-state index in [0.717, 1.165) is 0 Å². The molecule has 0 nitrogen and oxygen atoms in total. The molecule has 0 rings (SSSR count). The third-order valence-electron chi connectivity index (χ3n) is 2.94. The van der Waals surface area contributed by atoms with Gasteiger partial charge in [-0.15, -0.1) is 9.10 Å². The van der Waals surface area contributed by atoms with E-state index < -0.39 is 0 Å². The first kappa shape index (κ1) is 17.7. The number of hydrogen-bond donors (Lipinski definition) is 0. The first-order valence-corrected chi connectivity index (χ1v) is 11.2. The standard InChI is InChI=1S/C4H9.4C2H5.Al.Mg/c1-3-4-2;4*1-2;;/h1,3-4H2,2H3;4*1H2,2H3;;. The minimum absolute atomic E-state index is 0.171. The highest BCUT2D eigenvalue weighted by Gasteiger charge is 2.05. The van der Waals surface area contributed by atoms with E-state index in [9.17, 15) is 0 Å². The number of hydrogen-bond acceptors (Lipinski definition) is 0. The zero-order valence-corrected chi connectivity index (χ0v) is 13.8. The maximum atomic E-state index is 2.32. The second-order valence-corrected chi connectivity index (χ2v) is 10.7. The summed E-state index contributed by atoms with van der Waals surface area (Å²) in [5.41, 5.74) is 0. The van der Waals surface area contributed by atoms with Crippen LogP contribution in [-0.4, -0.2) is 34.5 Å². The highest BCUT2D eigenvalue weighted by atomic mass is 27.2. The minimum Gasteiger partial charge on any atom is -0.149 e. The van der Waals surface area contributed by atoms with Crippen LogP contribution >= 0.6 is 0 Å². The Morgan fingerprint density at radius 3 is 1.57 bits per heavy atom. The molecule has 14 heavy (non-hydrogen) atoms. The Labute approximate surface area is 106 Å². The van der Waals surface area contributed by atoms with Crippen molar-refractivity contribution in [2.75, 3.05) is 0 Å². The summed E-state index contributed by atoms with van der Waals surface area (Å²) >= 11 is 0.239. The van der Waals surface area contributed by atoms with Crippen LogP contribution in [0.5, 0.6) is 0 Å². The second-order valence-electron chi connectivity index (χ2n) is 4.15. The lowest BCUT2D eigenvalue weighted by Crippen LogP contribution is -2.04. The van der Waals surface area contributed by atoms with Crippen molar-refractivity contribution in [3.05, 3.63) is 0 Å². The summed E-state index contributed by atoms with van der Waals surface area (Å²) in [6, 6.07) is 0. The molecule has 0 aliphatic heterocycles. The highest BCUT2D eigenvalue weighted by molar-refractivity contribution is 6.58. The van der Waals surface area contributed by atoms with Crippen molar-refractivity contribution in [3.63, 3.8) is 0 Å². The Bertz CT molecular complexity index is 72.9.